The lowest BCUT2D eigenvalue weighted by Gasteiger charge is -2.36. The first kappa shape index (κ1) is 36.9. The number of ketones is 1. The number of carbonyl (C=O) groups excluding carboxylic acids is 4. The minimum Gasteiger partial charge on any atom is -0.483 e. The third kappa shape index (κ3) is 7.83. The van der Waals surface area contributed by atoms with Crippen LogP contribution in [-0.4, -0.2) is 71.9 Å². The average Bonchev–Trinajstić information content (AvgIpc) is 3.60. The predicted molar refractivity (Wildman–Crippen MR) is 188 cm³/mol. The van der Waals surface area contributed by atoms with Crippen LogP contribution in [0.5, 0.6) is 5.75 Å². The zero-order valence-corrected chi connectivity index (χ0v) is 30.9. The van der Waals surface area contributed by atoms with Crippen molar-refractivity contribution in [2.75, 3.05) is 12.8 Å². The van der Waals surface area contributed by atoms with E-state index in [-0.39, 0.29) is 48.9 Å². The summed E-state index contributed by atoms with van der Waals surface area (Å²) in [7, 11) is -3.89. The van der Waals surface area contributed by atoms with E-state index >= 15 is 0 Å². The first-order valence-corrected chi connectivity index (χ1v) is 19.8. The summed E-state index contributed by atoms with van der Waals surface area (Å²) < 4.78 is 53.5. The number of para-hydroxylation sites is 1. The second kappa shape index (κ2) is 13.6. The van der Waals surface area contributed by atoms with E-state index in [9.17, 15) is 32.0 Å². The van der Waals surface area contributed by atoms with Gasteiger partial charge in [0, 0.05) is 29.7 Å². The van der Waals surface area contributed by atoms with Crippen molar-refractivity contribution in [3.63, 3.8) is 0 Å². The van der Waals surface area contributed by atoms with Gasteiger partial charge in [-0.15, -0.1) is 0 Å². The summed E-state index contributed by atoms with van der Waals surface area (Å²) in [5.74, 6) is -2.94. The molecule has 5 atom stereocenters. The largest absolute Gasteiger partial charge is 0.483 e. The number of ether oxygens (including phenoxy) is 2. The minimum absolute atomic E-state index is 0.0684. The van der Waals surface area contributed by atoms with Gasteiger partial charge >= 0.3 is 5.97 Å². The molecule has 1 N–H and O–H groups in total. The molecule has 0 unspecified atom stereocenters. The van der Waals surface area contributed by atoms with Crippen LogP contribution in [0.2, 0.25) is 0 Å². The summed E-state index contributed by atoms with van der Waals surface area (Å²) in [4.78, 5) is 61.8. The van der Waals surface area contributed by atoms with Crippen molar-refractivity contribution in [2.45, 2.75) is 116 Å². The highest BCUT2D eigenvalue weighted by molar-refractivity contribution is 7.89. The Morgan fingerprint density at radius 2 is 1.92 bits per heavy atom. The van der Waals surface area contributed by atoms with Gasteiger partial charge in [-0.3, -0.25) is 23.9 Å². The Morgan fingerprint density at radius 3 is 2.65 bits per heavy atom. The number of esters is 1. The molecule has 276 valence electrons. The molecule has 51 heavy (non-hydrogen) atoms. The zero-order valence-electron chi connectivity index (χ0n) is 30.1. The van der Waals surface area contributed by atoms with Gasteiger partial charge in [0.05, 0.1) is 36.4 Å². The lowest BCUT2D eigenvalue weighted by molar-refractivity contribution is -0.159. The van der Waals surface area contributed by atoms with E-state index in [0.29, 0.717) is 48.9 Å². The Kier molecular flexibility index (Phi) is 9.84. The van der Waals surface area contributed by atoms with Gasteiger partial charge in [0.1, 0.15) is 28.3 Å². The second-order valence-electron chi connectivity index (χ2n) is 16.0. The van der Waals surface area contributed by atoms with Crippen LogP contribution in [0, 0.1) is 30.0 Å². The fourth-order valence-electron chi connectivity index (χ4n) is 8.21. The molecule has 1 aromatic heterocycles. The van der Waals surface area contributed by atoms with Crippen LogP contribution in [0.1, 0.15) is 96.2 Å². The Labute approximate surface area is 298 Å². The number of nitrogens with one attached hydrogen (secondary N) is 1. The van der Waals surface area contributed by atoms with E-state index in [1.807, 2.05) is 12.2 Å². The average molecular weight is 726 g/mol. The van der Waals surface area contributed by atoms with E-state index < -0.39 is 56.3 Å². The van der Waals surface area contributed by atoms with E-state index in [1.165, 1.54) is 11.0 Å². The highest BCUT2D eigenvalue weighted by Gasteiger charge is 2.62. The highest BCUT2D eigenvalue weighted by Crippen LogP contribution is 2.57. The van der Waals surface area contributed by atoms with E-state index in [4.69, 9.17) is 9.47 Å². The molecule has 4 heterocycles. The first-order valence-electron chi connectivity index (χ1n) is 17.9. The van der Waals surface area contributed by atoms with Crippen LogP contribution in [0.4, 0.5) is 4.39 Å². The number of aryl methyl sites for hydroxylation is 2. The smallest absolute Gasteiger partial charge is 0.307 e. The first-order chi connectivity index (χ1) is 23.9. The Balaban J connectivity index is 1.37. The van der Waals surface area contributed by atoms with Crippen molar-refractivity contribution in [2.24, 2.45) is 17.3 Å². The molecule has 1 spiro atoms. The molecule has 2 fully saturated rings. The number of nitrogens with zero attached hydrogens (tertiary/aromatic N) is 2. The molecule has 1 saturated heterocycles. The molecule has 4 aliphatic rings. The van der Waals surface area contributed by atoms with Gasteiger partial charge < -0.3 is 14.4 Å². The number of hydrogen-bond donors (Lipinski definition) is 1. The standard InChI is InChI=1S/C38H48FN3O8S/c1-23-33-27(26-14-11-15-28(39)32(26)40-23)16-17-37(50-33)20-29-30(43)21-38(35(46)41-51(5,47)48)19-25(38)13-10-8-6-7-9-12-24(34(45)42(29)22-37)18-31(44)49-36(2,3)4/h10-11,13-15,24-25,29H,6-9,12,16-22H2,1-5H3,(H,41,46)/b13-10-/t24-,25-,29+,37-,38-/m1/s1. The summed E-state index contributed by atoms with van der Waals surface area (Å²) >= 11 is 0. The number of rotatable bonds is 4. The van der Waals surface area contributed by atoms with E-state index in [1.54, 1.807) is 39.8 Å². The molecular weight excluding hydrogens is 677 g/mol. The number of hydrogen-bond acceptors (Lipinski definition) is 9. The number of allylic oxidation sites excluding steroid dienone is 2. The quantitative estimate of drug-likeness (QED) is 0.329. The number of carbonyl (C=O) groups is 4. The van der Waals surface area contributed by atoms with Crippen molar-refractivity contribution < 1.29 is 41.5 Å². The van der Waals surface area contributed by atoms with Gasteiger partial charge in [-0.05, 0) is 78.2 Å². The number of halogens is 1. The molecule has 6 rings (SSSR count). The van der Waals surface area contributed by atoms with Gasteiger partial charge in [0.2, 0.25) is 21.8 Å². The van der Waals surface area contributed by atoms with Crippen molar-refractivity contribution in [1.82, 2.24) is 14.6 Å². The molecule has 1 saturated carbocycles. The SMILES string of the molecule is Cc1nc2c(F)cccc2c2c1O[C@]1(CC2)C[C@H]2C(=O)C[C@]3(C(=O)NS(C)(=O)=O)C[C@H]3/C=C\CCCCC[C@H](CC(=O)OC(C)(C)C)C(=O)N2C1. The van der Waals surface area contributed by atoms with Crippen molar-refractivity contribution in [3.05, 3.63) is 47.4 Å². The number of sulfonamides is 1. The maximum atomic E-state index is 14.7. The lowest BCUT2D eigenvalue weighted by atomic mass is 9.85. The molecule has 1 aliphatic carbocycles. The summed E-state index contributed by atoms with van der Waals surface area (Å²) in [5.41, 5.74) is -1.42. The molecule has 11 nitrogen and oxygen atoms in total. The molecule has 0 radical (unpaired) electrons. The second-order valence-corrected chi connectivity index (χ2v) is 17.7. The summed E-state index contributed by atoms with van der Waals surface area (Å²) in [5, 5.41) is 0.648. The highest BCUT2D eigenvalue weighted by atomic mass is 32.2. The lowest BCUT2D eigenvalue weighted by Crippen LogP contribution is -2.47. The summed E-state index contributed by atoms with van der Waals surface area (Å²) in [6, 6.07) is 3.82. The number of Topliss-reactive ketones (excluding diaryl/α,β-unsaturated/α-hetero) is 1. The predicted octanol–water partition coefficient (Wildman–Crippen LogP) is 5.26. The van der Waals surface area contributed by atoms with Crippen LogP contribution >= 0.6 is 0 Å². The number of benzene rings is 1. The monoisotopic (exact) mass is 725 g/mol. The molecule has 1 aromatic carbocycles. The third-order valence-corrected chi connectivity index (χ3v) is 11.3. The maximum Gasteiger partial charge on any atom is 0.307 e. The summed E-state index contributed by atoms with van der Waals surface area (Å²) in [6.45, 7) is 7.12. The molecule has 0 bridgehead atoms. The number of amides is 2. The number of fused-ring (bicyclic) bond motifs is 5. The van der Waals surface area contributed by atoms with Gasteiger partial charge in [-0.25, -0.2) is 17.8 Å². The van der Waals surface area contributed by atoms with Crippen LogP contribution in [0.15, 0.2) is 30.4 Å². The van der Waals surface area contributed by atoms with E-state index in [0.717, 1.165) is 31.1 Å². The normalized spacial score (nSPS) is 29.2. The van der Waals surface area contributed by atoms with Crippen LogP contribution < -0.4 is 9.46 Å². The number of aromatic nitrogens is 1. The zero-order chi connectivity index (χ0) is 36.9. The molecule has 2 amide bonds. The molecular formula is C38H48FN3O8S. The maximum absolute atomic E-state index is 14.7. The van der Waals surface area contributed by atoms with Gasteiger partial charge in [-0.1, -0.05) is 37.1 Å². The van der Waals surface area contributed by atoms with Crippen LogP contribution in [-0.2, 0) is 40.4 Å². The molecule has 3 aliphatic heterocycles. The minimum atomic E-state index is -3.89. The van der Waals surface area contributed by atoms with Gasteiger partial charge in [-0.2, -0.15) is 0 Å². The van der Waals surface area contributed by atoms with Crippen LogP contribution in [0.3, 0.4) is 0 Å². The fourth-order valence-corrected chi connectivity index (χ4v) is 8.75. The Hall–Kier alpha value is -3.87. The van der Waals surface area contributed by atoms with Crippen LogP contribution in [0.25, 0.3) is 10.9 Å². The van der Waals surface area contributed by atoms with Crippen molar-refractivity contribution in [1.29, 1.82) is 0 Å². The molecule has 2 aromatic rings. The molecule has 13 heteroatoms. The van der Waals surface area contributed by atoms with Crippen molar-refractivity contribution >= 4 is 44.5 Å². The Bertz CT molecular complexity index is 1910. The Morgan fingerprint density at radius 1 is 1.16 bits per heavy atom. The third-order valence-electron chi connectivity index (χ3n) is 10.7. The van der Waals surface area contributed by atoms with Crippen molar-refractivity contribution in [3.8, 4) is 5.75 Å². The van der Waals surface area contributed by atoms with Gasteiger partial charge in [0.25, 0.3) is 0 Å². The van der Waals surface area contributed by atoms with E-state index in [2.05, 4.69) is 9.71 Å². The number of pyridine rings is 1. The fraction of sp³-hybridized carbons (Fsp3) is 0.605. The topological polar surface area (TPSA) is 149 Å². The summed E-state index contributed by atoms with van der Waals surface area (Å²) in [6.07, 6.45) is 9.24. The van der Waals surface area contributed by atoms with Gasteiger partial charge in [0.15, 0.2) is 5.78 Å².